The molecule has 2 heterocycles. The Hall–Kier alpha value is -2.49. The lowest BCUT2D eigenvalue weighted by Crippen LogP contribution is -2.59. The van der Waals surface area contributed by atoms with Crippen LogP contribution < -0.4 is 10.6 Å². The van der Waals surface area contributed by atoms with E-state index < -0.39 is 12.0 Å². The quantitative estimate of drug-likeness (QED) is 0.509. The third kappa shape index (κ3) is 6.69. The molecular formula is C26H37Cl2N5O4. The van der Waals surface area contributed by atoms with Crippen LogP contribution in [0.25, 0.3) is 0 Å². The molecule has 0 saturated carbocycles. The van der Waals surface area contributed by atoms with Crippen molar-refractivity contribution >= 4 is 41.2 Å². The number of esters is 1. The number of amides is 4. The molecule has 11 heteroatoms. The summed E-state index contributed by atoms with van der Waals surface area (Å²) in [6.45, 7) is 14.0. The lowest BCUT2D eigenvalue weighted by molar-refractivity contribution is -0.139. The molecule has 3 rings (SSSR count). The molecule has 0 aliphatic carbocycles. The number of nitrogens with one attached hydrogen (secondary N) is 2. The first kappa shape index (κ1) is 29.1. The van der Waals surface area contributed by atoms with Crippen LogP contribution in [0, 0.1) is 0 Å². The van der Waals surface area contributed by atoms with Gasteiger partial charge in [0, 0.05) is 50.0 Å². The SMILES string of the molecule is CCOC(=O)C1=C(CN2CCN(C(=O)NC(C)(C)C)[C@H](C)C2)N(CC)C(=O)N[C@H]1c1cccc(Cl)c1Cl. The van der Waals surface area contributed by atoms with Crippen LogP contribution in [0.1, 0.15) is 53.1 Å². The summed E-state index contributed by atoms with van der Waals surface area (Å²) >= 11 is 12.8. The Labute approximate surface area is 229 Å². The number of likely N-dealkylation sites (N-methyl/N-ethyl adjacent to an activating group) is 1. The highest BCUT2D eigenvalue weighted by Gasteiger charge is 2.40. The fourth-order valence-electron chi connectivity index (χ4n) is 4.72. The van der Waals surface area contributed by atoms with Crippen LogP contribution in [0.2, 0.25) is 10.0 Å². The van der Waals surface area contributed by atoms with Crippen LogP contribution in [0.4, 0.5) is 9.59 Å². The average molecular weight is 555 g/mol. The summed E-state index contributed by atoms with van der Waals surface area (Å²) in [7, 11) is 0. The minimum absolute atomic E-state index is 0.0617. The van der Waals surface area contributed by atoms with E-state index in [2.05, 4.69) is 15.5 Å². The molecule has 0 aromatic heterocycles. The number of piperazine rings is 1. The first-order chi connectivity index (χ1) is 17.4. The van der Waals surface area contributed by atoms with E-state index >= 15 is 0 Å². The van der Waals surface area contributed by atoms with E-state index in [9.17, 15) is 14.4 Å². The standard InChI is InChI=1S/C26H37Cl2N5O4/c1-7-32-19(15-31-12-13-33(16(3)14-31)25(36)30-26(4,5)6)20(23(34)37-8-2)22(29-24(32)35)17-10-9-11-18(27)21(17)28/h9-11,16,22H,7-8,12-15H2,1-6H3,(H,29,35)(H,30,36)/t16-,22+/m1/s1. The fraction of sp³-hybridized carbons (Fsp3) is 0.577. The van der Waals surface area contributed by atoms with E-state index in [1.54, 1.807) is 30.0 Å². The molecule has 1 saturated heterocycles. The molecule has 0 unspecified atom stereocenters. The molecule has 204 valence electrons. The summed E-state index contributed by atoms with van der Waals surface area (Å²) in [5.74, 6) is -0.520. The van der Waals surface area contributed by atoms with Crippen LogP contribution in [-0.4, -0.2) is 83.6 Å². The molecule has 9 nitrogen and oxygen atoms in total. The Kier molecular flexibility index (Phi) is 9.37. The maximum Gasteiger partial charge on any atom is 0.338 e. The van der Waals surface area contributed by atoms with Crippen LogP contribution in [0.15, 0.2) is 29.5 Å². The van der Waals surface area contributed by atoms with Gasteiger partial charge in [-0.25, -0.2) is 14.4 Å². The average Bonchev–Trinajstić information content (AvgIpc) is 2.79. The number of urea groups is 2. The Morgan fingerprint density at radius 2 is 1.89 bits per heavy atom. The monoisotopic (exact) mass is 553 g/mol. The topological polar surface area (TPSA) is 94.2 Å². The van der Waals surface area contributed by atoms with E-state index in [4.69, 9.17) is 27.9 Å². The number of carbonyl (C=O) groups is 3. The molecule has 2 N–H and O–H groups in total. The summed E-state index contributed by atoms with van der Waals surface area (Å²) in [6, 6.07) is 3.82. The first-order valence-corrected chi connectivity index (χ1v) is 13.4. The number of nitrogens with zero attached hydrogens (tertiary/aromatic N) is 3. The second-order valence-electron chi connectivity index (χ2n) is 10.3. The van der Waals surface area contributed by atoms with E-state index in [1.165, 1.54) is 0 Å². The first-order valence-electron chi connectivity index (χ1n) is 12.6. The third-order valence-electron chi connectivity index (χ3n) is 6.37. The van der Waals surface area contributed by atoms with Gasteiger partial charge >= 0.3 is 18.0 Å². The van der Waals surface area contributed by atoms with Gasteiger partial charge in [0.05, 0.1) is 28.3 Å². The highest BCUT2D eigenvalue weighted by Crippen LogP contribution is 2.38. The zero-order chi connectivity index (χ0) is 27.5. The summed E-state index contributed by atoms with van der Waals surface area (Å²) < 4.78 is 5.44. The number of hydrogen-bond donors (Lipinski definition) is 2. The van der Waals surface area contributed by atoms with Gasteiger partial charge in [-0.05, 0) is 53.2 Å². The van der Waals surface area contributed by atoms with Gasteiger partial charge in [0.15, 0.2) is 0 Å². The molecule has 1 fully saturated rings. The van der Waals surface area contributed by atoms with E-state index in [-0.39, 0.29) is 35.3 Å². The van der Waals surface area contributed by atoms with E-state index in [0.29, 0.717) is 54.6 Å². The number of hydrogen-bond acceptors (Lipinski definition) is 5. The van der Waals surface area contributed by atoms with Crippen molar-refractivity contribution in [3.63, 3.8) is 0 Å². The van der Waals surface area contributed by atoms with Crippen molar-refractivity contribution in [2.45, 2.75) is 59.2 Å². The maximum absolute atomic E-state index is 13.3. The highest BCUT2D eigenvalue weighted by molar-refractivity contribution is 6.42. The minimum atomic E-state index is -0.813. The zero-order valence-electron chi connectivity index (χ0n) is 22.4. The Bertz CT molecular complexity index is 1070. The molecule has 0 spiro atoms. The number of benzene rings is 1. The van der Waals surface area contributed by atoms with Crippen molar-refractivity contribution in [1.82, 2.24) is 25.3 Å². The summed E-state index contributed by atoms with van der Waals surface area (Å²) in [5.41, 5.74) is 1.08. The van der Waals surface area contributed by atoms with Gasteiger partial charge in [0.25, 0.3) is 0 Å². The lowest BCUT2D eigenvalue weighted by atomic mass is 9.94. The van der Waals surface area contributed by atoms with Gasteiger partial charge in [-0.2, -0.15) is 0 Å². The highest BCUT2D eigenvalue weighted by atomic mass is 35.5. The maximum atomic E-state index is 13.3. The molecule has 2 atom stereocenters. The number of halogens is 2. The van der Waals surface area contributed by atoms with Crippen molar-refractivity contribution in [2.24, 2.45) is 0 Å². The number of rotatable bonds is 6. The van der Waals surface area contributed by atoms with Gasteiger partial charge in [0.2, 0.25) is 0 Å². The second kappa shape index (κ2) is 11.9. The number of carbonyl (C=O) groups excluding carboxylic acids is 3. The van der Waals surface area contributed by atoms with Crippen LogP contribution in [0.3, 0.4) is 0 Å². The molecule has 1 aromatic rings. The Balaban J connectivity index is 1.97. The smallest absolute Gasteiger partial charge is 0.338 e. The minimum Gasteiger partial charge on any atom is -0.463 e. The van der Waals surface area contributed by atoms with Gasteiger partial charge in [0.1, 0.15) is 0 Å². The summed E-state index contributed by atoms with van der Waals surface area (Å²) in [6.07, 6.45) is 0. The van der Waals surface area contributed by atoms with E-state index in [0.717, 1.165) is 0 Å². The molecule has 37 heavy (non-hydrogen) atoms. The normalized spacial score (nSPS) is 21.1. The molecule has 1 aromatic carbocycles. The Morgan fingerprint density at radius 3 is 2.49 bits per heavy atom. The van der Waals surface area contributed by atoms with Crippen molar-refractivity contribution in [1.29, 1.82) is 0 Å². The molecule has 0 bridgehead atoms. The van der Waals surface area contributed by atoms with Crippen LogP contribution >= 0.6 is 23.2 Å². The van der Waals surface area contributed by atoms with Gasteiger partial charge < -0.3 is 20.3 Å². The third-order valence-corrected chi connectivity index (χ3v) is 7.20. The molecule has 0 radical (unpaired) electrons. The fourth-order valence-corrected chi connectivity index (χ4v) is 5.13. The van der Waals surface area contributed by atoms with Gasteiger partial charge in [-0.3, -0.25) is 9.80 Å². The van der Waals surface area contributed by atoms with Crippen molar-refractivity contribution < 1.29 is 19.1 Å². The van der Waals surface area contributed by atoms with Crippen molar-refractivity contribution in [3.05, 3.63) is 45.1 Å². The van der Waals surface area contributed by atoms with Crippen LogP contribution in [0.5, 0.6) is 0 Å². The predicted molar refractivity (Wildman–Crippen MR) is 145 cm³/mol. The van der Waals surface area contributed by atoms with Gasteiger partial charge in [-0.15, -0.1) is 0 Å². The van der Waals surface area contributed by atoms with Crippen molar-refractivity contribution in [2.75, 3.05) is 39.3 Å². The molecular weight excluding hydrogens is 517 g/mol. The second-order valence-corrected chi connectivity index (χ2v) is 11.1. The van der Waals surface area contributed by atoms with Gasteiger partial charge in [-0.1, -0.05) is 35.3 Å². The summed E-state index contributed by atoms with van der Waals surface area (Å²) in [4.78, 5) is 44.8. The molecule has 2 aliphatic heterocycles. The number of ether oxygens (including phenoxy) is 1. The Morgan fingerprint density at radius 1 is 1.19 bits per heavy atom. The largest absolute Gasteiger partial charge is 0.463 e. The zero-order valence-corrected chi connectivity index (χ0v) is 23.9. The predicted octanol–water partition coefficient (Wildman–Crippen LogP) is 4.41. The molecule has 4 amide bonds. The summed E-state index contributed by atoms with van der Waals surface area (Å²) in [5, 5.41) is 6.54. The lowest BCUT2D eigenvalue weighted by Gasteiger charge is -2.43. The van der Waals surface area contributed by atoms with Crippen LogP contribution in [-0.2, 0) is 9.53 Å². The van der Waals surface area contributed by atoms with Crippen molar-refractivity contribution in [3.8, 4) is 0 Å². The molecule has 2 aliphatic rings. The van der Waals surface area contributed by atoms with E-state index in [1.807, 2.05) is 39.5 Å².